The van der Waals surface area contributed by atoms with E-state index < -0.39 is 0 Å². The molecule has 0 fully saturated rings. The average molecular weight is 407 g/mol. The lowest BCUT2D eigenvalue weighted by atomic mass is 10.1. The molecular weight excluding hydrogens is 375 g/mol. The van der Waals surface area contributed by atoms with Gasteiger partial charge in [0.25, 0.3) is 0 Å². The highest BCUT2D eigenvalue weighted by atomic mass is 32.1. The van der Waals surface area contributed by atoms with Crippen molar-refractivity contribution in [3.63, 3.8) is 0 Å². The molecular formula is C21H31FN4OS. The molecule has 1 amide bonds. The summed E-state index contributed by atoms with van der Waals surface area (Å²) in [4.78, 5) is 18.9. The third-order valence-corrected chi connectivity index (χ3v) is 5.31. The maximum atomic E-state index is 13.1. The van der Waals surface area contributed by atoms with Gasteiger partial charge < -0.3 is 10.2 Å². The zero-order chi connectivity index (χ0) is 20.2. The molecule has 0 aliphatic heterocycles. The number of rotatable bonds is 13. The predicted molar refractivity (Wildman–Crippen MR) is 113 cm³/mol. The van der Waals surface area contributed by atoms with Crippen molar-refractivity contribution in [3.05, 3.63) is 41.5 Å². The third-order valence-electron chi connectivity index (χ3n) is 4.50. The van der Waals surface area contributed by atoms with Gasteiger partial charge in [-0.3, -0.25) is 4.79 Å². The summed E-state index contributed by atoms with van der Waals surface area (Å²) in [5.41, 5.74) is 0.984. The van der Waals surface area contributed by atoms with E-state index in [9.17, 15) is 9.18 Å². The highest BCUT2D eigenvalue weighted by Crippen LogP contribution is 2.20. The number of unbranched alkanes of at least 4 members (excludes halogenated alkanes) is 3. The number of carbonyl (C=O) groups excluding carboxylic acids is 1. The number of nitrogens with one attached hydrogen (secondary N) is 1. The van der Waals surface area contributed by atoms with Crippen LogP contribution in [0.25, 0.3) is 0 Å². The fourth-order valence-corrected chi connectivity index (χ4v) is 3.55. The first-order valence-electron chi connectivity index (χ1n) is 10.2. The molecule has 0 saturated heterocycles. The summed E-state index contributed by atoms with van der Waals surface area (Å²) in [6, 6.07) is 6.42. The quantitative estimate of drug-likeness (QED) is 0.495. The molecule has 0 radical (unpaired) electrons. The zero-order valence-electron chi connectivity index (χ0n) is 16.9. The standard InChI is InChI=1S/C21H31FN4OS/c1-3-5-7-13-23-20(27)12-15-26(14-6-4-2)21-24-19(25-28-21)16-17-8-10-18(22)11-9-17/h8-11H,3-7,12-16H2,1-2H3,(H,23,27). The Morgan fingerprint density at radius 1 is 1.11 bits per heavy atom. The zero-order valence-corrected chi connectivity index (χ0v) is 17.7. The summed E-state index contributed by atoms with van der Waals surface area (Å²) in [5.74, 6) is 0.583. The van der Waals surface area contributed by atoms with E-state index in [-0.39, 0.29) is 11.7 Å². The second-order valence-corrected chi connectivity index (χ2v) is 7.67. The summed E-state index contributed by atoms with van der Waals surface area (Å²) in [6.45, 7) is 6.57. The predicted octanol–water partition coefficient (Wildman–Crippen LogP) is 4.57. The highest BCUT2D eigenvalue weighted by molar-refractivity contribution is 7.09. The number of benzene rings is 1. The second kappa shape index (κ2) is 12.4. The third kappa shape index (κ3) is 7.92. The average Bonchev–Trinajstić information content (AvgIpc) is 3.15. The molecule has 0 saturated carbocycles. The Morgan fingerprint density at radius 3 is 2.57 bits per heavy atom. The minimum atomic E-state index is -0.241. The van der Waals surface area contributed by atoms with Crippen LogP contribution in [0.5, 0.6) is 0 Å². The van der Waals surface area contributed by atoms with Gasteiger partial charge in [-0.2, -0.15) is 4.37 Å². The van der Waals surface area contributed by atoms with Crippen molar-refractivity contribution in [1.29, 1.82) is 0 Å². The lowest BCUT2D eigenvalue weighted by molar-refractivity contribution is -0.120. The van der Waals surface area contributed by atoms with E-state index in [4.69, 9.17) is 0 Å². The molecule has 154 valence electrons. The Labute approximate surface area is 171 Å². The molecule has 0 atom stereocenters. The van der Waals surface area contributed by atoms with Gasteiger partial charge in [0, 0.05) is 44.0 Å². The number of hydrogen-bond donors (Lipinski definition) is 1. The molecule has 0 aliphatic rings. The van der Waals surface area contributed by atoms with Crippen LogP contribution in [-0.4, -0.2) is 34.9 Å². The molecule has 0 unspecified atom stereocenters. The normalized spacial score (nSPS) is 10.8. The van der Waals surface area contributed by atoms with Crippen LogP contribution in [0, 0.1) is 5.82 Å². The number of nitrogens with zero attached hydrogens (tertiary/aromatic N) is 3. The van der Waals surface area contributed by atoms with Gasteiger partial charge in [-0.25, -0.2) is 9.37 Å². The summed E-state index contributed by atoms with van der Waals surface area (Å²) < 4.78 is 17.5. The van der Waals surface area contributed by atoms with Crippen molar-refractivity contribution in [2.45, 2.75) is 58.8 Å². The molecule has 0 spiro atoms. The number of amides is 1. The Morgan fingerprint density at radius 2 is 1.86 bits per heavy atom. The Balaban J connectivity index is 1.90. The minimum absolute atomic E-state index is 0.0913. The topological polar surface area (TPSA) is 58.1 Å². The van der Waals surface area contributed by atoms with E-state index in [0.29, 0.717) is 19.4 Å². The van der Waals surface area contributed by atoms with Crippen LogP contribution in [0.3, 0.4) is 0 Å². The molecule has 28 heavy (non-hydrogen) atoms. The van der Waals surface area contributed by atoms with Crippen molar-refractivity contribution >= 4 is 22.6 Å². The molecule has 2 aromatic rings. The molecule has 2 rings (SSSR count). The van der Waals surface area contributed by atoms with E-state index in [0.717, 1.165) is 61.7 Å². The summed E-state index contributed by atoms with van der Waals surface area (Å²) >= 11 is 1.37. The molecule has 7 heteroatoms. The van der Waals surface area contributed by atoms with Crippen molar-refractivity contribution in [3.8, 4) is 0 Å². The van der Waals surface area contributed by atoms with Gasteiger partial charge in [0.05, 0.1) is 0 Å². The second-order valence-electron chi connectivity index (χ2n) is 6.94. The molecule has 1 N–H and O–H groups in total. The Hall–Kier alpha value is -2.02. The molecule has 1 aromatic carbocycles. The van der Waals surface area contributed by atoms with Gasteiger partial charge in [0.1, 0.15) is 11.6 Å². The maximum absolute atomic E-state index is 13.1. The number of carbonyl (C=O) groups is 1. The van der Waals surface area contributed by atoms with Gasteiger partial charge in [-0.15, -0.1) is 0 Å². The Bertz CT molecular complexity index is 705. The van der Waals surface area contributed by atoms with Crippen LogP contribution in [-0.2, 0) is 11.2 Å². The van der Waals surface area contributed by atoms with Gasteiger partial charge in [0.15, 0.2) is 0 Å². The molecule has 0 bridgehead atoms. The molecule has 5 nitrogen and oxygen atoms in total. The van der Waals surface area contributed by atoms with Crippen LogP contribution in [0.2, 0.25) is 0 Å². The van der Waals surface area contributed by atoms with E-state index >= 15 is 0 Å². The van der Waals surface area contributed by atoms with Crippen LogP contribution in [0.1, 0.15) is 63.8 Å². The monoisotopic (exact) mass is 406 g/mol. The number of anilines is 1. The highest BCUT2D eigenvalue weighted by Gasteiger charge is 2.14. The molecule has 0 aliphatic carbocycles. The molecule has 1 heterocycles. The fraction of sp³-hybridized carbons (Fsp3) is 0.571. The first kappa shape index (κ1) is 22.3. The number of aromatic nitrogens is 2. The van der Waals surface area contributed by atoms with Gasteiger partial charge in [-0.1, -0.05) is 45.2 Å². The van der Waals surface area contributed by atoms with E-state index in [1.807, 2.05) is 0 Å². The largest absolute Gasteiger partial charge is 0.356 e. The van der Waals surface area contributed by atoms with Crippen molar-refractivity contribution in [2.75, 3.05) is 24.5 Å². The summed E-state index contributed by atoms with van der Waals surface area (Å²) in [7, 11) is 0. The summed E-state index contributed by atoms with van der Waals surface area (Å²) in [5, 5.41) is 3.85. The van der Waals surface area contributed by atoms with Crippen LogP contribution in [0.4, 0.5) is 9.52 Å². The van der Waals surface area contributed by atoms with Crippen molar-refractivity contribution in [1.82, 2.24) is 14.7 Å². The lowest BCUT2D eigenvalue weighted by Gasteiger charge is -2.20. The van der Waals surface area contributed by atoms with Crippen molar-refractivity contribution < 1.29 is 9.18 Å². The van der Waals surface area contributed by atoms with E-state index in [1.54, 1.807) is 12.1 Å². The smallest absolute Gasteiger partial charge is 0.221 e. The van der Waals surface area contributed by atoms with Crippen LogP contribution < -0.4 is 10.2 Å². The van der Waals surface area contributed by atoms with E-state index in [1.165, 1.54) is 23.7 Å². The maximum Gasteiger partial charge on any atom is 0.221 e. The van der Waals surface area contributed by atoms with Gasteiger partial charge in [-0.05, 0) is 30.5 Å². The minimum Gasteiger partial charge on any atom is -0.356 e. The van der Waals surface area contributed by atoms with Crippen LogP contribution >= 0.6 is 11.5 Å². The summed E-state index contributed by atoms with van der Waals surface area (Å²) in [6.07, 6.45) is 6.50. The number of hydrogen-bond acceptors (Lipinski definition) is 5. The van der Waals surface area contributed by atoms with Gasteiger partial charge >= 0.3 is 0 Å². The number of halogens is 1. The molecule has 1 aromatic heterocycles. The fourth-order valence-electron chi connectivity index (χ4n) is 2.81. The first-order valence-corrected chi connectivity index (χ1v) is 11.0. The van der Waals surface area contributed by atoms with E-state index in [2.05, 4.69) is 33.4 Å². The van der Waals surface area contributed by atoms with Crippen LogP contribution in [0.15, 0.2) is 24.3 Å². The SMILES string of the molecule is CCCCCNC(=O)CCN(CCCC)c1nc(Cc2ccc(F)cc2)ns1. The van der Waals surface area contributed by atoms with Gasteiger partial charge in [0.2, 0.25) is 11.0 Å². The van der Waals surface area contributed by atoms with Crippen molar-refractivity contribution in [2.24, 2.45) is 0 Å². The Kier molecular flexibility index (Phi) is 9.90. The first-order chi connectivity index (χ1) is 13.6. The lowest BCUT2D eigenvalue weighted by Crippen LogP contribution is -2.32.